The number of rotatable bonds is 5. The summed E-state index contributed by atoms with van der Waals surface area (Å²) in [6.45, 7) is 0. The van der Waals surface area contributed by atoms with Crippen molar-refractivity contribution in [2.24, 2.45) is 0 Å². The predicted molar refractivity (Wildman–Crippen MR) is 116 cm³/mol. The highest BCUT2D eigenvalue weighted by molar-refractivity contribution is 7.80. The number of likely N-dealkylation sites (N-methyl/N-ethyl adjacent to an activating group) is 1. The lowest BCUT2D eigenvalue weighted by Crippen LogP contribution is -2.54. The maximum atomic E-state index is 12.9. The Morgan fingerprint density at radius 3 is 2.76 bits per heavy atom. The molecule has 148 valence electrons. The van der Waals surface area contributed by atoms with Crippen LogP contribution in [-0.4, -0.2) is 29.1 Å². The molecule has 1 aliphatic carbocycles. The first-order valence-corrected chi connectivity index (χ1v) is 10.0. The molecule has 3 rings (SSSR count). The fraction of sp³-hybridized carbons (Fsp3) is 0.304. The molecule has 2 aromatic rings. The van der Waals surface area contributed by atoms with E-state index in [-0.39, 0.29) is 5.57 Å². The standard InChI is InChI=1S/C23H23N3O2S/c1-25-22(29)23(19-10-7-13-26-16-19)12-6-5-11-20(23)28-21(27)18(15-24)14-17-8-3-2-4-9-17/h2-4,7-10,13-14,16,20H,5-6,11-12H2,1H3,(H,25,29)/t20-,23+/m1/s1. The number of hydrogen-bond donors (Lipinski definition) is 1. The SMILES string of the molecule is CNC(=S)[C@]1(c2cccnc2)CCCC[C@H]1OC(=O)C(C#N)=Cc1ccccc1. The lowest BCUT2D eigenvalue weighted by atomic mass is 9.67. The van der Waals surface area contributed by atoms with Gasteiger partial charge in [0.25, 0.3) is 0 Å². The number of nitrogens with zero attached hydrogens (tertiary/aromatic N) is 2. The maximum Gasteiger partial charge on any atom is 0.349 e. The second kappa shape index (κ2) is 9.44. The van der Waals surface area contributed by atoms with Gasteiger partial charge in [0.1, 0.15) is 17.7 Å². The van der Waals surface area contributed by atoms with E-state index in [1.807, 2.05) is 48.5 Å². The molecular formula is C23H23N3O2S. The molecule has 0 amide bonds. The monoisotopic (exact) mass is 405 g/mol. The van der Waals surface area contributed by atoms with E-state index in [0.29, 0.717) is 11.4 Å². The van der Waals surface area contributed by atoms with Gasteiger partial charge in [-0.25, -0.2) is 4.79 Å². The molecule has 0 saturated heterocycles. The van der Waals surface area contributed by atoms with Crippen LogP contribution in [0.4, 0.5) is 0 Å². The Kier molecular flexibility index (Phi) is 6.73. The molecule has 1 N–H and O–H groups in total. The van der Waals surface area contributed by atoms with Crippen LogP contribution in [-0.2, 0) is 14.9 Å². The van der Waals surface area contributed by atoms with E-state index in [1.54, 1.807) is 25.5 Å². The van der Waals surface area contributed by atoms with E-state index in [9.17, 15) is 10.1 Å². The molecule has 0 unspecified atom stereocenters. The molecule has 1 aromatic carbocycles. The first-order valence-electron chi connectivity index (χ1n) is 9.62. The normalized spacial score (nSPS) is 21.7. The average molecular weight is 406 g/mol. The van der Waals surface area contributed by atoms with Crippen molar-refractivity contribution >= 4 is 29.3 Å². The van der Waals surface area contributed by atoms with Crippen LogP contribution in [0.5, 0.6) is 0 Å². The number of nitrogens with one attached hydrogen (secondary N) is 1. The van der Waals surface area contributed by atoms with Crippen LogP contribution in [0.15, 0.2) is 60.4 Å². The van der Waals surface area contributed by atoms with Crippen molar-refractivity contribution in [3.8, 4) is 6.07 Å². The van der Waals surface area contributed by atoms with E-state index in [1.165, 1.54) is 0 Å². The third-order valence-electron chi connectivity index (χ3n) is 5.35. The fourth-order valence-electron chi connectivity index (χ4n) is 3.92. The van der Waals surface area contributed by atoms with Crippen LogP contribution < -0.4 is 5.32 Å². The number of carbonyl (C=O) groups excluding carboxylic acids is 1. The van der Waals surface area contributed by atoms with Gasteiger partial charge in [-0.3, -0.25) is 4.98 Å². The maximum absolute atomic E-state index is 12.9. The third-order valence-corrected chi connectivity index (χ3v) is 5.91. The van der Waals surface area contributed by atoms with Gasteiger partial charge in [-0.1, -0.05) is 55.0 Å². The Hall–Kier alpha value is -3.04. The molecule has 0 radical (unpaired) electrons. The van der Waals surface area contributed by atoms with Crippen LogP contribution in [0.2, 0.25) is 0 Å². The zero-order valence-electron chi connectivity index (χ0n) is 16.3. The summed E-state index contributed by atoms with van der Waals surface area (Å²) in [4.78, 5) is 17.8. The summed E-state index contributed by atoms with van der Waals surface area (Å²) in [7, 11) is 1.78. The lowest BCUT2D eigenvalue weighted by molar-refractivity contribution is -0.147. The van der Waals surface area contributed by atoms with E-state index >= 15 is 0 Å². The smallest absolute Gasteiger partial charge is 0.349 e. The van der Waals surface area contributed by atoms with Crippen LogP contribution in [0.25, 0.3) is 6.08 Å². The first kappa shape index (κ1) is 20.7. The number of esters is 1. The number of ether oxygens (including phenoxy) is 1. The molecule has 5 nitrogen and oxygen atoms in total. The zero-order valence-corrected chi connectivity index (χ0v) is 17.1. The lowest BCUT2D eigenvalue weighted by Gasteiger charge is -2.43. The minimum atomic E-state index is -0.653. The highest BCUT2D eigenvalue weighted by Gasteiger charge is 2.48. The number of hydrogen-bond acceptors (Lipinski definition) is 5. The van der Waals surface area contributed by atoms with Crippen LogP contribution >= 0.6 is 12.2 Å². The first-order chi connectivity index (χ1) is 14.1. The molecule has 1 saturated carbocycles. The predicted octanol–water partition coefficient (Wildman–Crippen LogP) is 3.96. The topological polar surface area (TPSA) is 75.0 Å². The van der Waals surface area contributed by atoms with Gasteiger partial charge >= 0.3 is 5.97 Å². The van der Waals surface area contributed by atoms with Crippen LogP contribution in [0, 0.1) is 11.3 Å². The van der Waals surface area contributed by atoms with Crippen molar-refractivity contribution in [3.05, 3.63) is 71.6 Å². The molecule has 2 atom stereocenters. The molecule has 29 heavy (non-hydrogen) atoms. The van der Waals surface area contributed by atoms with E-state index in [2.05, 4.69) is 10.3 Å². The summed E-state index contributed by atoms with van der Waals surface area (Å²) in [5.74, 6) is -0.629. The van der Waals surface area contributed by atoms with Crippen molar-refractivity contribution < 1.29 is 9.53 Å². The molecule has 0 bridgehead atoms. The largest absolute Gasteiger partial charge is 0.457 e. The molecule has 1 heterocycles. The second-order valence-electron chi connectivity index (χ2n) is 7.01. The van der Waals surface area contributed by atoms with Gasteiger partial charge in [-0.2, -0.15) is 5.26 Å². The van der Waals surface area contributed by atoms with Crippen molar-refractivity contribution in [3.63, 3.8) is 0 Å². The van der Waals surface area contributed by atoms with Gasteiger partial charge in [0, 0.05) is 19.4 Å². The Balaban J connectivity index is 1.94. The van der Waals surface area contributed by atoms with Gasteiger partial charge in [0.05, 0.1) is 10.4 Å². The van der Waals surface area contributed by atoms with Crippen LogP contribution in [0.1, 0.15) is 36.8 Å². The van der Waals surface area contributed by atoms with E-state index in [0.717, 1.165) is 30.4 Å². The Labute approximate surface area is 176 Å². The zero-order chi connectivity index (χ0) is 20.7. The Morgan fingerprint density at radius 2 is 2.10 bits per heavy atom. The minimum absolute atomic E-state index is 0.0303. The Morgan fingerprint density at radius 1 is 1.31 bits per heavy atom. The fourth-order valence-corrected chi connectivity index (χ4v) is 4.27. The molecule has 0 aliphatic heterocycles. The molecule has 1 fully saturated rings. The summed E-state index contributed by atoms with van der Waals surface area (Å²) in [5.41, 5.74) is 1.01. The van der Waals surface area contributed by atoms with Crippen molar-refractivity contribution in [1.82, 2.24) is 10.3 Å². The van der Waals surface area contributed by atoms with Gasteiger partial charge in [-0.15, -0.1) is 0 Å². The molecule has 6 heteroatoms. The van der Waals surface area contributed by atoms with Crippen LogP contribution in [0.3, 0.4) is 0 Å². The number of benzene rings is 1. The van der Waals surface area contributed by atoms with Gasteiger partial charge in [0.2, 0.25) is 0 Å². The van der Waals surface area contributed by atoms with Gasteiger partial charge < -0.3 is 10.1 Å². The number of carbonyl (C=O) groups is 1. The Bertz CT molecular complexity index is 938. The molecule has 1 aromatic heterocycles. The van der Waals surface area contributed by atoms with E-state index in [4.69, 9.17) is 17.0 Å². The summed E-state index contributed by atoms with van der Waals surface area (Å²) in [6.07, 6.45) is 7.88. The summed E-state index contributed by atoms with van der Waals surface area (Å²) in [5, 5.41) is 12.6. The van der Waals surface area contributed by atoms with Crippen molar-refractivity contribution in [1.29, 1.82) is 5.26 Å². The third kappa shape index (κ3) is 4.36. The minimum Gasteiger partial charge on any atom is -0.457 e. The number of nitriles is 1. The summed E-state index contributed by atoms with van der Waals surface area (Å²) in [6, 6.07) is 15.1. The summed E-state index contributed by atoms with van der Waals surface area (Å²) < 4.78 is 5.92. The number of pyridine rings is 1. The highest BCUT2D eigenvalue weighted by atomic mass is 32.1. The quantitative estimate of drug-likeness (QED) is 0.351. The molecule has 0 spiro atoms. The summed E-state index contributed by atoms with van der Waals surface area (Å²) >= 11 is 5.69. The van der Waals surface area contributed by atoms with Gasteiger partial charge in [-0.05, 0) is 42.5 Å². The molecular weight excluding hydrogens is 382 g/mol. The van der Waals surface area contributed by atoms with Crippen molar-refractivity contribution in [2.45, 2.75) is 37.2 Å². The van der Waals surface area contributed by atoms with Gasteiger partial charge in [0.15, 0.2) is 0 Å². The average Bonchev–Trinajstić information content (AvgIpc) is 2.78. The molecule has 1 aliphatic rings. The van der Waals surface area contributed by atoms with Crippen molar-refractivity contribution in [2.75, 3.05) is 7.05 Å². The highest BCUT2D eigenvalue weighted by Crippen LogP contribution is 2.42. The van der Waals surface area contributed by atoms with E-state index < -0.39 is 17.5 Å². The second-order valence-corrected chi connectivity index (χ2v) is 7.42. The number of thiocarbonyl (C=S) groups is 1. The number of aromatic nitrogens is 1.